The van der Waals surface area contributed by atoms with Crippen LogP contribution in [0.1, 0.15) is 113 Å². The van der Waals surface area contributed by atoms with Crippen molar-refractivity contribution in [2.24, 2.45) is 0 Å². The topological polar surface area (TPSA) is 258 Å². The predicted molar refractivity (Wildman–Crippen MR) is 478 cm³/mol. The Balaban J connectivity index is 0.528. The minimum atomic E-state index is -0.291. The third kappa shape index (κ3) is 28.6. The zero-order chi connectivity index (χ0) is 85.5. The number of ketones is 1. The molecule has 2 N–H and O–H groups in total. The fraction of sp³-hybridized carbons (Fsp3) is 0.300. The number of hydrogen-bond acceptors (Lipinski definition) is 21. The molecule has 0 saturated heterocycles. The van der Waals surface area contributed by atoms with Gasteiger partial charge in [-0.3, -0.25) is 73.9 Å². The smallest absolute Gasteiger partial charge is 0.246 e. The number of amides is 2. The minimum absolute atomic E-state index is 0.0770. The highest BCUT2D eigenvalue weighted by atomic mass is 16.5. The molecule has 0 aliphatic heterocycles. The average Bonchev–Trinajstić information content (AvgIpc) is 0.745. The van der Waals surface area contributed by atoms with Gasteiger partial charge in [-0.05, 0) is 219 Å². The summed E-state index contributed by atoms with van der Waals surface area (Å²) in [4.78, 5) is 88.6. The van der Waals surface area contributed by atoms with E-state index in [0.29, 0.717) is 168 Å². The molecule has 24 nitrogen and oxygen atoms in total. The molecule has 124 heavy (non-hydrogen) atoms. The second-order valence-electron chi connectivity index (χ2n) is 30.7. The standard InChI is InChI=1S/C100H110N16O8/c1-3-115(51-55-121-75-95(117)109-49-21-23-53-123-93-59-77(63-111(67-83-25-5-13-41-101-83)68-84-26-6-14-42-102-84)57-78(60-93)64-112(69-85-27-7-15-43-103-85)70-86-28-8-16-44-104-86)91-37-33-81(34-38-91)97-99(119)98(100(97)120)82-35-39-92(40-36-82)116(4-2)52-56-122-76-96(118)110-50-22-24-54-124-94-61-79(65-113(71-87-29-9-17-45-105-87)72-88-30-10-18-46-106-88)58-80(62-94)66-114(73-89-31-11-19-47-107-89)74-90-32-12-20-48-108-90/h5-20,25-48,57-62H,3-4,21-24,49-56,63-76H2,1-2H3,(H2-,109,110,117,118,119,120). The van der Waals surface area contributed by atoms with E-state index in [9.17, 15) is 19.5 Å². The first-order chi connectivity index (χ1) is 61.0. The third-order valence-electron chi connectivity index (χ3n) is 21.1. The summed E-state index contributed by atoms with van der Waals surface area (Å²) in [6.07, 6.45) is 24.9. The molecule has 0 atom stereocenters. The number of pyridine rings is 8. The van der Waals surface area contributed by atoms with E-state index >= 15 is 0 Å². The number of Topliss-reactive ketones (excluding diaryl/α,β-unsaturated/α-hetero) is 1. The Bertz CT molecular complexity index is 4920. The monoisotopic (exact) mass is 1660 g/mol. The van der Waals surface area contributed by atoms with Crippen molar-refractivity contribution in [1.29, 1.82) is 0 Å². The van der Waals surface area contributed by atoms with Crippen LogP contribution in [0.3, 0.4) is 0 Å². The number of aromatic nitrogens is 8. The number of anilines is 1. The summed E-state index contributed by atoms with van der Waals surface area (Å²) in [5.74, 6) is 0.579. The van der Waals surface area contributed by atoms with Gasteiger partial charge in [0.2, 0.25) is 11.8 Å². The van der Waals surface area contributed by atoms with Crippen molar-refractivity contribution >= 4 is 34.6 Å². The highest BCUT2D eigenvalue weighted by molar-refractivity contribution is 6.39. The quantitative estimate of drug-likeness (QED) is 0.0204. The molecule has 0 spiro atoms. The van der Waals surface area contributed by atoms with Crippen LogP contribution in [0.25, 0.3) is 5.57 Å². The van der Waals surface area contributed by atoms with Gasteiger partial charge in [-0.1, -0.05) is 78.6 Å². The van der Waals surface area contributed by atoms with Crippen LogP contribution in [0.5, 0.6) is 11.5 Å². The van der Waals surface area contributed by atoms with Crippen LogP contribution in [0.4, 0.5) is 5.69 Å². The number of unbranched alkanes of at least 4 members (excludes halogenated alkanes) is 2. The summed E-state index contributed by atoms with van der Waals surface area (Å²) in [6.45, 7) is 16.4. The van der Waals surface area contributed by atoms with Gasteiger partial charge in [0.05, 0.1) is 65.4 Å². The number of likely N-dealkylation sites (N-methyl/N-ethyl adjacent to an activating group) is 2. The van der Waals surface area contributed by atoms with Gasteiger partial charge in [0.15, 0.2) is 18.0 Å². The lowest BCUT2D eigenvalue weighted by molar-refractivity contribution is -0.525. The lowest BCUT2D eigenvalue weighted by atomic mass is 9.80. The van der Waals surface area contributed by atoms with E-state index in [2.05, 4.69) is 116 Å². The van der Waals surface area contributed by atoms with Crippen molar-refractivity contribution in [3.8, 4) is 11.5 Å². The fourth-order valence-corrected chi connectivity index (χ4v) is 15.1. The Morgan fingerprint density at radius 1 is 0.387 bits per heavy atom. The summed E-state index contributed by atoms with van der Waals surface area (Å²) in [7, 11) is 0. The molecule has 2 aliphatic carbocycles. The van der Waals surface area contributed by atoms with Crippen molar-refractivity contribution in [3.05, 3.63) is 370 Å². The van der Waals surface area contributed by atoms with Gasteiger partial charge in [-0.15, -0.1) is 0 Å². The zero-order valence-corrected chi connectivity index (χ0v) is 70.9. The maximum atomic E-state index is 13.7. The Morgan fingerprint density at radius 3 is 1.03 bits per heavy atom. The van der Waals surface area contributed by atoms with Crippen molar-refractivity contribution < 1.29 is 43.0 Å². The molecule has 0 saturated carbocycles. The molecule has 8 aromatic heterocycles. The summed E-state index contributed by atoms with van der Waals surface area (Å²) in [5.41, 5.74) is 15.4. The minimum Gasteiger partial charge on any atom is -0.871 e. The van der Waals surface area contributed by atoms with Gasteiger partial charge < -0.3 is 39.6 Å². The summed E-state index contributed by atoms with van der Waals surface area (Å²) < 4.78 is 26.9. The Morgan fingerprint density at radius 2 is 0.726 bits per heavy atom. The van der Waals surface area contributed by atoms with Crippen molar-refractivity contribution in [2.45, 2.75) is 118 Å². The van der Waals surface area contributed by atoms with E-state index < -0.39 is 0 Å². The number of carbonyl (C=O) groups is 3. The van der Waals surface area contributed by atoms with E-state index in [1.54, 1.807) is 0 Å². The van der Waals surface area contributed by atoms with Crippen LogP contribution in [0, 0.1) is 0 Å². The SMILES string of the molecule is CCN(CCOCC(=O)NCCCCOc1cc(CN(Cc2ccccn2)Cc2ccccn2)cc(CN(Cc2ccccn2)Cc2ccccn2)c1)c1ccc(C2=C([O-])C(=C3C=CC(=[N+](CC)CCOCC(=O)NCCCCOc4cc(CN(Cc5ccccn5)Cc5ccccn5)cc(CN(Cc5ccccn5)Cc5ccccn5)c4)C=C3)C2=O)cc1. The molecule has 8 heterocycles. The predicted octanol–water partition coefficient (Wildman–Crippen LogP) is 13.0. The Hall–Kier alpha value is -12.9. The molecule has 0 unspecified atom stereocenters. The van der Waals surface area contributed by atoms with Crippen LogP contribution < -0.4 is 30.1 Å². The average molecular weight is 1660 g/mol. The van der Waals surface area contributed by atoms with Crippen LogP contribution in [-0.2, 0) is 102 Å². The molecule has 3 aromatic carbocycles. The number of nitrogens with zero attached hydrogens (tertiary/aromatic N) is 14. The lowest BCUT2D eigenvalue weighted by Gasteiger charge is -2.32. The van der Waals surface area contributed by atoms with E-state index in [1.807, 2.05) is 258 Å². The number of benzene rings is 3. The van der Waals surface area contributed by atoms with E-state index in [1.165, 1.54) is 0 Å². The first-order valence-electron chi connectivity index (χ1n) is 42.8. The number of rotatable bonds is 50. The molecule has 11 aromatic rings. The molecule has 13 rings (SSSR count). The molecular formula is C100H110N16O8. The third-order valence-corrected chi connectivity index (χ3v) is 21.1. The number of ether oxygens (including phenoxy) is 4. The van der Waals surface area contributed by atoms with Crippen molar-refractivity contribution in [1.82, 2.24) is 70.1 Å². The second kappa shape index (κ2) is 48.0. The first kappa shape index (κ1) is 88.8. The second-order valence-corrected chi connectivity index (χ2v) is 30.7. The van der Waals surface area contributed by atoms with Gasteiger partial charge in [0.1, 0.15) is 37.9 Å². The number of hydrogen-bond donors (Lipinski definition) is 2. The van der Waals surface area contributed by atoms with E-state index in [-0.39, 0.29) is 47.7 Å². The maximum absolute atomic E-state index is 13.7. The Kier molecular flexibility index (Phi) is 34.4. The molecule has 0 fully saturated rings. The van der Waals surface area contributed by atoms with Gasteiger partial charge in [0.25, 0.3) is 0 Å². The van der Waals surface area contributed by atoms with Gasteiger partial charge in [0, 0.05) is 183 Å². The van der Waals surface area contributed by atoms with Crippen molar-refractivity contribution in [2.75, 3.05) is 83.8 Å². The van der Waals surface area contributed by atoms with Crippen LogP contribution >= 0.6 is 0 Å². The largest absolute Gasteiger partial charge is 0.871 e. The molecule has 638 valence electrons. The van der Waals surface area contributed by atoms with Gasteiger partial charge >= 0.3 is 0 Å². The van der Waals surface area contributed by atoms with E-state index in [0.717, 1.165) is 104 Å². The van der Waals surface area contributed by atoms with Crippen LogP contribution in [0.15, 0.2) is 297 Å². The highest BCUT2D eigenvalue weighted by Crippen LogP contribution is 2.38. The molecule has 2 amide bonds. The zero-order valence-electron chi connectivity index (χ0n) is 70.9. The van der Waals surface area contributed by atoms with Gasteiger partial charge in [-0.25, -0.2) is 4.58 Å². The van der Waals surface area contributed by atoms with E-state index in [4.69, 9.17) is 18.9 Å². The lowest BCUT2D eigenvalue weighted by Crippen LogP contribution is -2.32. The number of allylic oxidation sites excluding steroid dienone is 7. The van der Waals surface area contributed by atoms with Crippen molar-refractivity contribution in [3.63, 3.8) is 0 Å². The molecule has 24 heteroatoms. The molecule has 0 radical (unpaired) electrons. The summed E-state index contributed by atoms with van der Waals surface area (Å²) in [5, 5.41) is 19.8. The molecular weight excluding hydrogens is 1550 g/mol. The first-order valence-corrected chi connectivity index (χ1v) is 42.8. The maximum Gasteiger partial charge on any atom is 0.246 e. The number of carbonyl (C=O) groups excluding carboxylic acids is 3. The summed E-state index contributed by atoms with van der Waals surface area (Å²) in [6, 6.07) is 68.4. The molecule has 0 bridgehead atoms. The fourth-order valence-electron chi connectivity index (χ4n) is 15.1. The number of nitrogens with one attached hydrogen (secondary N) is 2. The molecule has 2 aliphatic rings. The van der Waals surface area contributed by atoms with Crippen LogP contribution in [0.2, 0.25) is 0 Å². The van der Waals surface area contributed by atoms with Gasteiger partial charge in [-0.2, -0.15) is 0 Å². The van der Waals surface area contributed by atoms with Crippen LogP contribution in [-0.4, -0.2) is 166 Å². The normalized spacial score (nSPS) is 12.5. The summed E-state index contributed by atoms with van der Waals surface area (Å²) >= 11 is 0. The highest BCUT2D eigenvalue weighted by Gasteiger charge is 2.31. The Labute approximate surface area is 727 Å².